The molecule has 1 aromatic heterocycles. The number of rotatable bonds is 3. The van der Waals surface area contributed by atoms with Crippen LogP contribution in [0, 0.1) is 0 Å². The van der Waals surface area contributed by atoms with Gasteiger partial charge in [0.05, 0.1) is 5.69 Å². The Bertz CT molecular complexity index is 356. The molecule has 17 heavy (non-hydrogen) atoms. The second kappa shape index (κ2) is 6.22. The van der Waals surface area contributed by atoms with Gasteiger partial charge in [-0.25, -0.2) is 4.98 Å². The van der Waals surface area contributed by atoms with E-state index in [-0.39, 0.29) is 0 Å². The first-order valence-electron chi connectivity index (χ1n) is 6.39. The number of likely N-dealkylation sites (tertiary alicyclic amines) is 1. The third-order valence-electron chi connectivity index (χ3n) is 3.39. The standard InChI is InChI=1S/C13H20ClN3/c1-2-17-9-4-5-11(7-10-17)16-12-6-3-8-15-13(12)14/h3,6,8,11,16H,2,4-5,7,9-10H2,1H3. The van der Waals surface area contributed by atoms with Gasteiger partial charge in [0.25, 0.3) is 0 Å². The second-order valence-electron chi connectivity index (χ2n) is 4.55. The molecule has 1 N–H and O–H groups in total. The molecule has 94 valence electrons. The first kappa shape index (κ1) is 12.7. The highest BCUT2D eigenvalue weighted by Crippen LogP contribution is 2.21. The molecule has 0 bridgehead atoms. The average molecular weight is 254 g/mol. The summed E-state index contributed by atoms with van der Waals surface area (Å²) in [5, 5.41) is 4.09. The molecule has 0 radical (unpaired) electrons. The average Bonchev–Trinajstić information content (AvgIpc) is 2.57. The van der Waals surface area contributed by atoms with Gasteiger partial charge in [0.1, 0.15) is 0 Å². The zero-order chi connectivity index (χ0) is 12.1. The summed E-state index contributed by atoms with van der Waals surface area (Å²) in [6.45, 7) is 5.77. The number of anilines is 1. The molecule has 2 heterocycles. The molecule has 0 aliphatic carbocycles. The van der Waals surface area contributed by atoms with Crippen LogP contribution in [0.1, 0.15) is 26.2 Å². The van der Waals surface area contributed by atoms with E-state index in [1.807, 2.05) is 12.1 Å². The van der Waals surface area contributed by atoms with Crippen LogP contribution in [0.3, 0.4) is 0 Å². The van der Waals surface area contributed by atoms with Gasteiger partial charge < -0.3 is 10.2 Å². The smallest absolute Gasteiger partial charge is 0.152 e. The van der Waals surface area contributed by atoms with Gasteiger partial charge in [0, 0.05) is 18.8 Å². The van der Waals surface area contributed by atoms with Gasteiger partial charge in [-0.1, -0.05) is 18.5 Å². The number of aromatic nitrogens is 1. The van der Waals surface area contributed by atoms with Crippen molar-refractivity contribution in [2.24, 2.45) is 0 Å². The van der Waals surface area contributed by atoms with E-state index in [1.165, 1.54) is 32.4 Å². The number of pyridine rings is 1. The van der Waals surface area contributed by atoms with Crippen molar-refractivity contribution in [3.63, 3.8) is 0 Å². The van der Waals surface area contributed by atoms with Gasteiger partial charge in [-0.05, 0) is 44.5 Å². The maximum absolute atomic E-state index is 6.06. The summed E-state index contributed by atoms with van der Waals surface area (Å²) in [6, 6.07) is 4.44. The Kier molecular flexibility index (Phi) is 4.63. The monoisotopic (exact) mass is 253 g/mol. The van der Waals surface area contributed by atoms with E-state index in [2.05, 4.69) is 22.1 Å². The van der Waals surface area contributed by atoms with Crippen molar-refractivity contribution < 1.29 is 0 Å². The normalized spacial score (nSPS) is 22.1. The van der Waals surface area contributed by atoms with Crippen LogP contribution in [-0.4, -0.2) is 35.6 Å². The highest BCUT2D eigenvalue weighted by molar-refractivity contribution is 6.31. The maximum atomic E-state index is 6.06. The summed E-state index contributed by atoms with van der Waals surface area (Å²) in [4.78, 5) is 6.60. The molecular weight excluding hydrogens is 234 g/mol. The fourth-order valence-corrected chi connectivity index (χ4v) is 2.50. The Hall–Kier alpha value is -0.800. The zero-order valence-electron chi connectivity index (χ0n) is 10.3. The van der Waals surface area contributed by atoms with Crippen LogP contribution in [0.25, 0.3) is 0 Å². The summed E-state index contributed by atoms with van der Waals surface area (Å²) in [6.07, 6.45) is 5.36. The Morgan fingerprint density at radius 1 is 1.47 bits per heavy atom. The van der Waals surface area contributed by atoms with Crippen molar-refractivity contribution >= 4 is 17.3 Å². The minimum atomic E-state index is 0.522. The van der Waals surface area contributed by atoms with Gasteiger partial charge in [0.2, 0.25) is 0 Å². The van der Waals surface area contributed by atoms with Crippen LogP contribution in [0.4, 0.5) is 5.69 Å². The topological polar surface area (TPSA) is 28.2 Å². The summed E-state index contributed by atoms with van der Waals surface area (Å²) >= 11 is 6.06. The number of nitrogens with zero attached hydrogens (tertiary/aromatic N) is 2. The number of halogens is 1. The van der Waals surface area contributed by atoms with E-state index in [9.17, 15) is 0 Å². The molecule has 4 heteroatoms. The van der Waals surface area contributed by atoms with Gasteiger partial charge in [0.15, 0.2) is 5.15 Å². The van der Waals surface area contributed by atoms with Crippen LogP contribution in [0.2, 0.25) is 5.15 Å². The lowest BCUT2D eigenvalue weighted by Crippen LogP contribution is -2.26. The predicted octanol–water partition coefficient (Wildman–Crippen LogP) is 3.02. The summed E-state index contributed by atoms with van der Waals surface area (Å²) in [5.41, 5.74) is 0.962. The second-order valence-corrected chi connectivity index (χ2v) is 4.91. The lowest BCUT2D eigenvalue weighted by Gasteiger charge is -2.19. The van der Waals surface area contributed by atoms with Gasteiger partial charge in [-0.15, -0.1) is 0 Å². The highest BCUT2D eigenvalue weighted by atomic mass is 35.5. The lowest BCUT2D eigenvalue weighted by atomic mass is 10.1. The lowest BCUT2D eigenvalue weighted by molar-refractivity contribution is 0.300. The fourth-order valence-electron chi connectivity index (χ4n) is 2.33. The highest BCUT2D eigenvalue weighted by Gasteiger charge is 2.16. The van der Waals surface area contributed by atoms with E-state index in [0.29, 0.717) is 11.2 Å². The van der Waals surface area contributed by atoms with Crippen LogP contribution >= 0.6 is 11.6 Å². The molecule has 1 aliphatic rings. The third kappa shape index (κ3) is 3.58. The molecule has 0 spiro atoms. The minimum Gasteiger partial charge on any atom is -0.380 e. The van der Waals surface area contributed by atoms with Crippen LogP contribution in [0.5, 0.6) is 0 Å². The molecule has 1 aromatic rings. The van der Waals surface area contributed by atoms with Gasteiger partial charge >= 0.3 is 0 Å². The summed E-state index contributed by atoms with van der Waals surface area (Å²) in [5.74, 6) is 0. The van der Waals surface area contributed by atoms with Crippen molar-refractivity contribution in [2.75, 3.05) is 25.0 Å². The van der Waals surface area contributed by atoms with Crippen LogP contribution in [0.15, 0.2) is 18.3 Å². The molecular formula is C13H20ClN3. The first-order chi connectivity index (χ1) is 8.29. The van der Waals surface area contributed by atoms with E-state index < -0.39 is 0 Å². The number of nitrogens with one attached hydrogen (secondary N) is 1. The predicted molar refractivity (Wildman–Crippen MR) is 72.6 cm³/mol. The third-order valence-corrected chi connectivity index (χ3v) is 3.69. The van der Waals surface area contributed by atoms with Crippen molar-refractivity contribution in [1.29, 1.82) is 0 Å². The minimum absolute atomic E-state index is 0.522. The van der Waals surface area contributed by atoms with E-state index in [4.69, 9.17) is 11.6 Å². The summed E-state index contributed by atoms with van der Waals surface area (Å²) in [7, 11) is 0. The Balaban J connectivity index is 1.93. The molecule has 0 saturated carbocycles. The van der Waals surface area contributed by atoms with Gasteiger partial charge in [-0.2, -0.15) is 0 Å². The molecule has 2 rings (SSSR count). The molecule has 1 atom stereocenters. The van der Waals surface area contributed by atoms with Crippen molar-refractivity contribution in [3.05, 3.63) is 23.5 Å². The Morgan fingerprint density at radius 3 is 3.12 bits per heavy atom. The van der Waals surface area contributed by atoms with Crippen molar-refractivity contribution in [2.45, 2.75) is 32.2 Å². The van der Waals surface area contributed by atoms with E-state index >= 15 is 0 Å². The SMILES string of the molecule is CCN1CCCC(Nc2cccnc2Cl)CC1. The Morgan fingerprint density at radius 2 is 2.35 bits per heavy atom. The van der Waals surface area contributed by atoms with Crippen molar-refractivity contribution in [1.82, 2.24) is 9.88 Å². The molecule has 3 nitrogen and oxygen atoms in total. The van der Waals surface area contributed by atoms with Crippen molar-refractivity contribution in [3.8, 4) is 0 Å². The maximum Gasteiger partial charge on any atom is 0.152 e. The molecule has 1 saturated heterocycles. The molecule has 0 amide bonds. The van der Waals surface area contributed by atoms with E-state index in [0.717, 1.165) is 12.2 Å². The molecule has 1 unspecified atom stereocenters. The van der Waals surface area contributed by atoms with Crippen LogP contribution in [-0.2, 0) is 0 Å². The molecule has 1 aliphatic heterocycles. The number of hydrogen-bond acceptors (Lipinski definition) is 3. The molecule has 0 aromatic carbocycles. The fraction of sp³-hybridized carbons (Fsp3) is 0.615. The molecule has 1 fully saturated rings. The number of hydrogen-bond donors (Lipinski definition) is 1. The zero-order valence-corrected chi connectivity index (χ0v) is 11.1. The first-order valence-corrected chi connectivity index (χ1v) is 6.77. The summed E-state index contributed by atoms with van der Waals surface area (Å²) < 4.78 is 0. The van der Waals surface area contributed by atoms with Crippen LogP contribution < -0.4 is 5.32 Å². The quantitative estimate of drug-likeness (QED) is 0.840. The largest absolute Gasteiger partial charge is 0.380 e. The van der Waals surface area contributed by atoms with E-state index in [1.54, 1.807) is 6.20 Å². The Labute approximate surface area is 108 Å². The van der Waals surface area contributed by atoms with Gasteiger partial charge in [-0.3, -0.25) is 0 Å².